The molecule has 0 radical (unpaired) electrons. The van der Waals surface area contributed by atoms with Crippen molar-refractivity contribution in [2.45, 2.75) is 25.3 Å². The largest absolute Gasteiger partial charge is 0.480 e. The van der Waals surface area contributed by atoms with E-state index in [2.05, 4.69) is 17.4 Å². The topological polar surface area (TPSA) is 75.6 Å². The van der Waals surface area contributed by atoms with Gasteiger partial charge in [-0.1, -0.05) is 84.9 Å². The van der Waals surface area contributed by atoms with Gasteiger partial charge in [0.15, 0.2) is 0 Å². The zero-order valence-electron chi connectivity index (χ0n) is 18.8. The second-order valence-corrected chi connectivity index (χ2v) is 8.65. The van der Waals surface area contributed by atoms with Crippen LogP contribution in [0.3, 0.4) is 0 Å². The summed E-state index contributed by atoms with van der Waals surface area (Å²) in [6.07, 6.45) is -0.556. The lowest BCUT2D eigenvalue weighted by atomic mass is 9.94. The van der Waals surface area contributed by atoms with Crippen molar-refractivity contribution in [1.29, 1.82) is 0 Å². The highest BCUT2D eigenvalue weighted by Gasteiger charge is 2.30. The van der Waals surface area contributed by atoms with Gasteiger partial charge in [0.1, 0.15) is 12.6 Å². The average molecular weight is 452 g/mol. The Kier molecular flexibility index (Phi) is 5.76. The molecule has 4 aromatic rings. The Balaban J connectivity index is 1.31. The van der Waals surface area contributed by atoms with Gasteiger partial charge in [-0.25, -0.2) is 9.59 Å². The Morgan fingerprint density at radius 1 is 0.882 bits per heavy atom. The van der Waals surface area contributed by atoms with Gasteiger partial charge >= 0.3 is 12.1 Å². The fourth-order valence-electron chi connectivity index (χ4n) is 4.90. The van der Waals surface area contributed by atoms with Crippen molar-refractivity contribution in [3.05, 3.63) is 107 Å². The number of rotatable bonds is 6. The molecule has 1 aliphatic rings. The minimum absolute atomic E-state index is 0.0817. The summed E-state index contributed by atoms with van der Waals surface area (Å²) in [5.74, 6) is -1.18. The molecule has 1 aliphatic carbocycles. The summed E-state index contributed by atoms with van der Waals surface area (Å²) in [6, 6.07) is 26.9. The third-order valence-corrected chi connectivity index (χ3v) is 6.62. The van der Waals surface area contributed by atoms with Gasteiger partial charge in [0.25, 0.3) is 0 Å². The maximum Gasteiger partial charge on any atom is 0.407 e. The van der Waals surface area contributed by atoms with Gasteiger partial charge in [-0.2, -0.15) is 0 Å². The molecule has 0 saturated heterocycles. The van der Waals surface area contributed by atoms with Crippen LogP contribution in [0, 0.1) is 6.92 Å². The van der Waals surface area contributed by atoms with Gasteiger partial charge in [-0.05, 0) is 51.1 Å². The molecular formula is C29H25NO4. The summed E-state index contributed by atoms with van der Waals surface area (Å²) < 4.78 is 5.56. The quantitative estimate of drug-likeness (QED) is 0.395. The zero-order chi connectivity index (χ0) is 23.7. The van der Waals surface area contributed by atoms with E-state index in [-0.39, 0.29) is 18.9 Å². The predicted octanol–water partition coefficient (Wildman–Crippen LogP) is 5.68. The Bertz CT molecular complexity index is 1350. The number of fused-ring (bicyclic) bond motifs is 4. The molecule has 4 aromatic carbocycles. The lowest BCUT2D eigenvalue weighted by Gasteiger charge is -2.19. The summed E-state index contributed by atoms with van der Waals surface area (Å²) in [5.41, 5.74) is 6.39. The molecule has 0 fully saturated rings. The number of aliphatic carboxylic acids is 1. The monoisotopic (exact) mass is 451 g/mol. The first-order valence-corrected chi connectivity index (χ1v) is 11.3. The lowest BCUT2D eigenvalue weighted by Crippen LogP contribution is -2.43. The number of carboxylic acids is 1. The highest BCUT2D eigenvalue weighted by molar-refractivity contribution is 5.88. The van der Waals surface area contributed by atoms with E-state index in [1.807, 2.05) is 79.7 Å². The number of benzene rings is 4. The van der Waals surface area contributed by atoms with E-state index >= 15 is 0 Å². The minimum atomic E-state index is -1.10. The van der Waals surface area contributed by atoms with E-state index in [1.165, 1.54) is 0 Å². The molecule has 34 heavy (non-hydrogen) atoms. The number of alkyl carbamates (subject to hydrolysis) is 1. The van der Waals surface area contributed by atoms with Crippen LogP contribution in [0.5, 0.6) is 0 Å². The van der Waals surface area contributed by atoms with Crippen molar-refractivity contribution < 1.29 is 19.4 Å². The maximum atomic E-state index is 12.7. The van der Waals surface area contributed by atoms with Gasteiger partial charge in [-0.15, -0.1) is 0 Å². The van der Waals surface area contributed by atoms with Crippen molar-refractivity contribution in [1.82, 2.24) is 5.32 Å². The molecule has 0 spiro atoms. The standard InChI is InChI=1S/C29H25NO4/c1-18-14-15-19-8-2-3-9-20(19)25(18)16-27(28(31)32)30-29(33)34-17-26-23-12-6-4-10-21(23)22-11-5-7-13-24(22)26/h2-15,26-27H,16-17H2,1H3,(H,30,33)(H,31,32). The minimum Gasteiger partial charge on any atom is -0.480 e. The molecule has 1 unspecified atom stereocenters. The Hall–Kier alpha value is -4.12. The second-order valence-electron chi connectivity index (χ2n) is 8.65. The normalized spacial score (nSPS) is 13.2. The number of carboxylic acid groups (broad SMARTS) is 1. The molecule has 0 saturated carbocycles. The van der Waals surface area contributed by atoms with Gasteiger partial charge in [0.2, 0.25) is 0 Å². The van der Waals surface area contributed by atoms with E-state index in [9.17, 15) is 14.7 Å². The number of hydrogen-bond donors (Lipinski definition) is 2. The van der Waals surface area contributed by atoms with Crippen molar-refractivity contribution in [3.8, 4) is 11.1 Å². The first-order chi connectivity index (χ1) is 16.5. The smallest absolute Gasteiger partial charge is 0.407 e. The van der Waals surface area contributed by atoms with E-state index in [4.69, 9.17) is 4.74 Å². The van der Waals surface area contributed by atoms with Crippen LogP contribution in [0.15, 0.2) is 84.9 Å². The lowest BCUT2D eigenvalue weighted by molar-refractivity contribution is -0.139. The van der Waals surface area contributed by atoms with Crippen LogP contribution in [0.4, 0.5) is 4.79 Å². The fraction of sp³-hybridized carbons (Fsp3) is 0.172. The van der Waals surface area contributed by atoms with Crippen LogP contribution < -0.4 is 5.32 Å². The molecule has 0 heterocycles. The molecule has 170 valence electrons. The Morgan fingerprint density at radius 2 is 1.50 bits per heavy atom. The number of nitrogens with one attached hydrogen (secondary N) is 1. The highest BCUT2D eigenvalue weighted by atomic mass is 16.5. The summed E-state index contributed by atoms with van der Waals surface area (Å²) in [4.78, 5) is 24.7. The molecular weight excluding hydrogens is 426 g/mol. The first kappa shape index (κ1) is 21.7. The third-order valence-electron chi connectivity index (χ3n) is 6.62. The van der Waals surface area contributed by atoms with E-state index in [0.717, 1.165) is 44.2 Å². The third kappa shape index (κ3) is 4.01. The Morgan fingerprint density at radius 3 is 2.18 bits per heavy atom. The highest BCUT2D eigenvalue weighted by Crippen LogP contribution is 2.44. The van der Waals surface area contributed by atoms with Crippen LogP contribution >= 0.6 is 0 Å². The van der Waals surface area contributed by atoms with Crippen molar-refractivity contribution in [2.24, 2.45) is 0 Å². The predicted molar refractivity (Wildman–Crippen MR) is 132 cm³/mol. The number of hydrogen-bond acceptors (Lipinski definition) is 3. The van der Waals surface area contributed by atoms with Crippen LogP contribution in [0.1, 0.15) is 28.2 Å². The molecule has 5 heteroatoms. The van der Waals surface area contributed by atoms with Gasteiger partial charge < -0.3 is 15.2 Å². The number of ether oxygens (including phenoxy) is 1. The maximum absolute atomic E-state index is 12.7. The molecule has 0 bridgehead atoms. The van der Waals surface area contributed by atoms with Crippen LogP contribution in [0.2, 0.25) is 0 Å². The van der Waals surface area contributed by atoms with Crippen LogP contribution in [-0.2, 0) is 16.0 Å². The number of carbonyl (C=O) groups is 2. The number of amides is 1. The number of carbonyl (C=O) groups excluding carboxylic acids is 1. The molecule has 2 N–H and O–H groups in total. The summed E-state index contributed by atoms with van der Waals surface area (Å²) >= 11 is 0. The van der Waals surface area contributed by atoms with E-state index < -0.39 is 18.1 Å². The van der Waals surface area contributed by atoms with Crippen LogP contribution in [-0.4, -0.2) is 29.8 Å². The summed E-state index contributed by atoms with van der Waals surface area (Å²) in [5, 5.41) is 14.4. The van der Waals surface area contributed by atoms with E-state index in [1.54, 1.807) is 0 Å². The molecule has 5 nitrogen and oxygen atoms in total. The first-order valence-electron chi connectivity index (χ1n) is 11.3. The molecule has 5 rings (SSSR count). The Labute approximate surface area is 198 Å². The van der Waals surface area contributed by atoms with E-state index in [0.29, 0.717) is 0 Å². The molecule has 0 aliphatic heterocycles. The van der Waals surface area contributed by atoms with Crippen LogP contribution in [0.25, 0.3) is 21.9 Å². The van der Waals surface area contributed by atoms with Crippen molar-refractivity contribution in [3.63, 3.8) is 0 Å². The number of aryl methyl sites for hydroxylation is 1. The molecule has 0 aromatic heterocycles. The van der Waals surface area contributed by atoms with Gasteiger partial charge in [0, 0.05) is 12.3 Å². The second kappa shape index (κ2) is 9.02. The van der Waals surface area contributed by atoms with Crippen molar-refractivity contribution >= 4 is 22.8 Å². The SMILES string of the molecule is Cc1ccc2ccccc2c1CC(NC(=O)OCC1c2ccccc2-c2ccccc21)C(=O)O. The summed E-state index contributed by atoms with van der Waals surface area (Å²) in [7, 11) is 0. The zero-order valence-corrected chi connectivity index (χ0v) is 18.8. The van der Waals surface area contributed by atoms with Gasteiger partial charge in [-0.3, -0.25) is 0 Å². The molecule has 1 amide bonds. The van der Waals surface area contributed by atoms with Crippen molar-refractivity contribution in [2.75, 3.05) is 6.61 Å². The average Bonchev–Trinajstić information content (AvgIpc) is 3.17. The molecule has 1 atom stereocenters. The summed E-state index contributed by atoms with van der Waals surface area (Å²) in [6.45, 7) is 2.09. The van der Waals surface area contributed by atoms with Gasteiger partial charge in [0.05, 0.1) is 0 Å². The fourth-order valence-corrected chi connectivity index (χ4v) is 4.90.